The van der Waals surface area contributed by atoms with Crippen molar-refractivity contribution in [2.45, 2.75) is 19.0 Å². The van der Waals surface area contributed by atoms with Crippen molar-refractivity contribution in [3.8, 4) is 17.0 Å². The Morgan fingerprint density at radius 3 is 2.52 bits per heavy atom. The van der Waals surface area contributed by atoms with Crippen LogP contribution in [0.3, 0.4) is 0 Å². The van der Waals surface area contributed by atoms with Crippen LogP contribution in [0.4, 0.5) is 19.0 Å². The van der Waals surface area contributed by atoms with Crippen LogP contribution < -0.4 is 10.6 Å². The fraction of sp³-hybridized carbons (Fsp3) is 0.263. The van der Waals surface area contributed by atoms with Gasteiger partial charge in [-0.3, -0.25) is 9.78 Å². The lowest BCUT2D eigenvalue weighted by Crippen LogP contribution is -2.12. The highest BCUT2D eigenvalue weighted by Crippen LogP contribution is 2.38. The molecule has 7 nitrogen and oxygen atoms in total. The fourth-order valence-electron chi connectivity index (χ4n) is 2.85. The second kappa shape index (κ2) is 8.29. The van der Waals surface area contributed by atoms with E-state index in [0.717, 1.165) is 25.5 Å². The normalized spacial score (nSPS) is 13.6. The zero-order chi connectivity index (χ0) is 21.0. The van der Waals surface area contributed by atoms with Crippen molar-refractivity contribution < 1.29 is 23.1 Å². The topological polar surface area (TPSA) is 100 Å². The summed E-state index contributed by atoms with van der Waals surface area (Å²) in [6.07, 6.45) is 0.344. The van der Waals surface area contributed by atoms with E-state index in [4.69, 9.17) is 0 Å². The molecule has 0 bridgehead atoms. The number of rotatable bonds is 2. The molecule has 3 aromatic rings. The number of halogens is 3. The van der Waals surface area contributed by atoms with Crippen LogP contribution in [0, 0.1) is 0 Å². The van der Waals surface area contributed by atoms with Crippen LogP contribution in [0.2, 0.25) is 0 Å². The number of nitrogens with one attached hydrogen (secondary N) is 2. The Morgan fingerprint density at radius 1 is 1.17 bits per heavy atom. The Balaban J connectivity index is 0.000000343. The molecule has 3 heterocycles. The number of aromatic nitrogens is 3. The second-order valence-electron chi connectivity index (χ2n) is 6.25. The summed E-state index contributed by atoms with van der Waals surface area (Å²) in [6.45, 7) is 0.888. The smallest absolute Gasteiger partial charge is 0.416 e. The molecule has 0 atom stereocenters. The number of phenolic OH excluding ortho intramolecular Hbond substituents is 1. The Morgan fingerprint density at radius 2 is 1.97 bits per heavy atom. The van der Waals surface area contributed by atoms with Gasteiger partial charge < -0.3 is 15.7 Å². The molecule has 0 spiro atoms. The summed E-state index contributed by atoms with van der Waals surface area (Å²) in [7, 11) is 1.67. The third-order valence-corrected chi connectivity index (χ3v) is 4.30. The van der Waals surface area contributed by atoms with Gasteiger partial charge >= 0.3 is 6.18 Å². The van der Waals surface area contributed by atoms with Gasteiger partial charge in [-0.2, -0.15) is 13.2 Å². The van der Waals surface area contributed by atoms with Gasteiger partial charge in [0, 0.05) is 48.7 Å². The predicted octanol–water partition coefficient (Wildman–Crippen LogP) is 3.35. The Kier molecular flexibility index (Phi) is 5.81. The molecule has 0 radical (unpaired) electrons. The molecule has 1 amide bonds. The van der Waals surface area contributed by atoms with Crippen molar-refractivity contribution in [3.05, 3.63) is 42.2 Å². The molecule has 0 aliphatic carbocycles. The zero-order valence-electron chi connectivity index (χ0n) is 15.4. The monoisotopic (exact) mass is 405 g/mol. The minimum absolute atomic E-state index is 0.171. The van der Waals surface area contributed by atoms with Crippen LogP contribution in [0.5, 0.6) is 5.75 Å². The zero-order valence-corrected chi connectivity index (χ0v) is 15.4. The highest BCUT2D eigenvalue weighted by molar-refractivity contribution is 6.00. The van der Waals surface area contributed by atoms with Crippen LogP contribution in [0.1, 0.15) is 18.4 Å². The van der Waals surface area contributed by atoms with Gasteiger partial charge in [0.05, 0.1) is 5.56 Å². The number of fused-ring (bicyclic) bond motifs is 1. The first-order valence-electron chi connectivity index (χ1n) is 8.76. The van der Waals surface area contributed by atoms with Gasteiger partial charge in [0.15, 0.2) is 5.82 Å². The first-order valence-corrected chi connectivity index (χ1v) is 8.76. The third-order valence-electron chi connectivity index (χ3n) is 4.30. The van der Waals surface area contributed by atoms with Gasteiger partial charge in [-0.25, -0.2) is 0 Å². The van der Waals surface area contributed by atoms with E-state index in [2.05, 4.69) is 25.8 Å². The number of hydrogen-bond acceptors (Lipinski definition) is 6. The van der Waals surface area contributed by atoms with E-state index in [1.54, 1.807) is 19.3 Å². The first kappa shape index (κ1) is 20.3. The third kappa shape index (κ3) is 4.53. The van der Waals surface area contributed by atoms with Crippen LogP contribution in [0.25, 0.3) is 22.0 Å². The SMILES string of the molecule is CNc1nnc(-c2ccc(C(F)(F)F)cc2O)c2ccncc12.O=C1CCCN1. The Hall–Kier alpha value is -3.43. The van der Waals surface area contributed by atoms with Gasteiger partial charge in [0.1, 0.15) is 11.4 Å². The van der Waals surface area contributed by atoms with E-state index in [0.29, 0.717) is 22.7 Å². The summed E-state index contributed by atoms with van der Waals surface area (Å²) in [5.74, 6) is 0.183. The average Bonchev–Trinajstić information content (AvgIpc) is 3.18. The van der Waals surface area contributed by atoms with Crippen LogP contribution in [0.15, 0.2) is 36.7 Å². The molecule has 4 rings (SSSR count). The Bertz CT molecular complexity index is 1030. The maximum atomic E-state index is 12.7. The van der Waals surface area contributed by atoms with Crippen molar-refractivity contribution in [1.82, 2.24) is 20.5 Å². The number of amides is 1. The highest BCUT2D eigenvalue weighted by atomic mass is 19.4. The molecule has 1 aliphatic rings. The fourth-order valence-corrected chi connectivity index (χ4v) is 2.85. The molecule has 1 aliphatic heterocycles. The molecular formula is C19H18F3N5O2. The number of pyridine rings is 1. The number of benzene rings is 1. The van der Waals surface area contributed by atoms with E-state index in [1.165, 1.54) is 12.3 Å². The maximum Gasteiger partial charge on any atom is 0.416 e. The van der Waals surface area contributed by atoms with Crippen LogP contribution in [-0.2, 0) is 11.0 Å². The predicted molar refractivity (Wildman–Crippen MR) is 101 cm³/mol. The minimum atomic E-state index is -4.52. The highest BCUT2D eigenvalue weighted by Gasteiger charge is 2.31. The molecule has 0 saturated carbocycles. The van der Waals surface area contributed by atoms with Gasteiger partial charge in [0.2, 0.25) is 5.91 Å². The second-order valence-corrected chi connectivity index (χ2v) is 6.25. The van der Waals surface area contributed by atoms with Crippen molar-refractivity contribution >= 4 is 22.5 Å². The molecular weight excluding hydrogens is 387 g/mol. The summed E-state index contributed by atoms with van der Waals surface area (Å²) in [5, 5.41) is 24.8. The number of phenols is 1. The molecule has 1 fully saturated rings. The number of alkyl halides is 3. The molecule has 2 aromatic heterocycles. The van der Waals surface area contributed by atoms with Crippen molar-refractivity contribution in [2.24, 2.45) is 0 Å². The number of carbonyl (C=O) groups is 1. The minimum Gasteiger partial charge on any atom is -0.507 e. The molecule has 0 unspecified atom stereocenters. The lowest BCUT2D eigenvalue weighted by molar-refractivity contribution is -0.137. The largest absolute Gasteiger partial charge is 0.507 e. The first-order chi connectivity index (χ1) is 13.8. The van der Waals surface area contributed by atoms with Crippen molar-refractivity contribution in [1.29, 1.82) is 0 Å². The molecule has 152 valence electrons. The van der Waals surface area contributed by atoms with E-state index >= 15 is 0 Å². The van der Waals surface area contributed by atoms with Crippen LogP contribution in [-0.4, -0.2) is 39.8 Å². The maximum absolute atomic E-state index is 12.7. The quantitative estimate of drug-likeness (QED) is 0.605. The summed E-state index contributed by atoms with van der Waals surface area (Å²) in [4.78, 5) is 14.1. The Labute approximate surface area is 164 Å². The number of aromatic hydroxyl groups is 1. The van der Waals surface area contributed by atoms with Gasteiger partial charge in [-0.15, -0.1) is 10.2 Å². The number of carbonyl (C=O) groups excluding carboxylic acids is 1. The molecule has 1 saturated heterocycles. The van der Waals surface area contributed by atoms with Gasteiger partial charge in [-0.05, 0) is 30.7 Å². The summed E-state index contributed by atoms with van der Waals surface area (Å²) < 4.78 is 38.1. The van der Waals surface area contributed by atoms with E-state index in [9.17, 15) is 23.1 Å². The average molecular weight is 405 g/mol. The van der Waals surface area contributed by atoms with Crippen molar-refractivity contribution in [2.75, 3.05) is 18.9 Å². The lowest BCUT2D eigenvalue weighted by atomic mass is 10.0. The summed E-state index contributed by atoms with van der Waals surface area (Å²) in [6, 6.07) is 4.42. The van der Waals surface area contributed by atoms with E-state index in [1.807, 2.05) is 0 Å². The molecule has 29 heavy (non-hydrogen) atoms. The molecule has 10 heteroatoms. The standard InChI is InChI=1S/C15H11F3N4O.C4H7NO/c1-19-14-11-7-20-5-4-9(11)13(21-22-14)10-3-2-8(6-12(10)23)15(16,17)18;6-4-2-1-3-5-4/h2-7,23H,1H3,(H,19,22);1-3H2,(H,5,6). The van der Waals surface area contributed by atoms with E-state index < -0.39 is 17.5 Å². The van der Waals surface area contributed by atoms with Crippen molar-refractivity contribution in [3.63, 3.8) is 0 Å². The number of nitrogens with zero attached hydrogens (tertiary/aromatic N) is 3. The summed E-state index contributed by atoms with van der Waals surface area (Å²) in [5.41, 5.74) is -0.471. The van der Waals surface area contributed by atoms with Gasteiger partial charge in [0.25, 0.3) is 0 Å². The van der Waals surface area contributed by atoms with Gasteiger partial charge in [-0.1, -0.05) is 0 Å². The molecule has 3 N–H and O–H groups in total. The number of hydrogen-bond donors (Lipinski definition) is 3. The van der Waals surface area contributed by atoms with E-state index in [-0.39, 0.29) is 17.2 Å². The molecule has 1 aromatic carbocycles. The summed E-state index contributed by atoms with van der Waals surface area (Å²) >= 11 is 0. The van der Waals surface area contributed by atoms with Crippen LogP contribution >= 0.6 is 0 Å². The lowest BCUT2D eigenvalue weighted by Gasteiger charge is -2.12. The number of anilines is 1.